The SMILES string of the molecule is CCOC1(C(N)Cc2nc(C)cs2)CCC(C)(C)CC1. The lowest BCUT2D eigenvalue weighted by Gasteiger charge is -2.46. The molecule has 114 valence electrons. The van der Waals surface area contributed by atoms with Gasteiger partial charge in [-0.2, -0.15) is 0 Å². The molecule has 2 N–H and O–H groups in total. The second kappa shape index (κ2) is 6.12. The molecule has 1 aliphatic carbocycles. The van der Waals surface area contributed by atoms with E-state index in [1.165, 1.54) is 12.8 Å². The minimum atomic E-state index is -0.149. The van der Waals surface area contributed by atoms with Crippen LogP contribution in [-0.4, -0.2) is 23.2 Å². The molecular weight excluding hydrogens is 268 g/mol. The van der Waals surface area contributed by atoms with Gasteiger partial charge in [0, 0.05) is 30.1 Å². The van der Waals surface area contributed by atoms with Crippen molar-refractivity contribution in [3.8, 4) is 0 Å². The van der Waals surface area contributed by atoms with Crippen LogP contribution < -0.4 is 5.73 Å². The Balaban J connectivity index is 2.07. The van der Waals surface area contributed by atoms with E-state index in [0.29, 0.717) is 5.41 Å². The van der Waals surface area contributed by atoms with Crippen LogP contribution in [0.1, 0.15) is 57.2 Å². The lowest BCUT2D eigenvalue weighted by atomic mass is 9.68. The molecule has 1 atom stereocenters. The van der Waals surface area contributed by atoms with Crippen LogP contribution in [0.25, 0.3) is 0 Å². The van der Waals surface area contributed by atoms with Crippen LogP contribution in [-0.2, 0) is 11.2 Å². The smallest absolute Gasteiger partial charge is 0.0944 e. The Morgan fingerprint density at radius 2 is 2.00 bits per heavy atom. The van der Waals surface area contributed by atoms with Gasteiger partial charge in [0.05, 0.1) is 10.6 Å². The van der Waals surface area contributed by atoms with Crippen molar-refractivity contribution in [2.24, 2.45) is 11.1 Å². The topological polar surface area (TPSA) is 48.1 Å². The van der Waals surface area contributed by atoms with Crippen LogP contribution >= 0.6 is 11.3 Å². The normalized spacial score (nSPS) is 22.6. The van der Waals surface area contributed by atoms with Crippen LogP contribution in [0.5, 0.6) is 0 Å². The quantitative estimate of drug-likeness (QED) is 0.901. The van der Waals surface area contributed by atoms with E-state index in [9.17, 15) is 0 Å². The fourth-order valence-corrected chi connectivity index (χ4v) is 3.96. The molecule has 1 saturated carbocycles. The number of nitrogens with zero attached hydrogens (tertiary/aromatic N) is 1. The summed E-state index contributed by atoms with van der Waals surface area (Å²) in [7, 11) is 0. The second-order valence-corrected chi connectivity index (χ2v) is 7.80. The third kappa shape index (κ3) is 3.60. The van der Waals surface area contributed by atoms with Crippen molar-refractivity contribution in [2.75, 3.05) is 6.61 Å². The zero-order chi connectivity index (χ0) is 14.8. The predicted molar refractivity (Wildman–Crippen MR) is 85.1 cm³/mol. The van der Waals surface area contributed by atoms with Crippen LogP contribution in [0.4, 0.5) is 0 Å². The highest BCUT2D eigenvalue weighted by atomic mass is 32.1. The van der Waals surface area contributed by atoms with Crippen molar-refractivity contribution < 1.29 is 4.74 Å². The van der Waals surface area contributed by atoms with Gasteiger partial charge in [0.1, 0.15) is 0 Å². The molecule has 20 heavy (non-hydrogen) atoms. The fourth-order valence-electron chi connectivity index (χ4n) is 3.13. The summed E-state index contributed by atoms with van der Waals surface area (Å²) in [5.41, 5.74) is 7.91. The molecule has 1 fully saturated rings. The number of thiazole rings is 1. The average Bonchev–Trinajstić information content (AvgIpc) is 2.78. The molecule has 1 heterocycles. The van der Waals surface area contributed by atoms with Gasteiger partial charge in [-0.15, -0.1) is 11.3 Å². The molecule has 0 spiro atoms. The molecule has 3 nitrogen and oxygen atoms in total. The van der Waals surface area contributed by atoms with Crippen molar-refractivity contribution >= 4 is 11.3 Å². The summed E-state index contributed by atoms with van der Waals surface area (Å²) >= 11 is 1.71. The molecule has 1 aliphatic rings. The molecule has 0 bridgehead atoms. The number of hydrogen-bond acceptors (Lipinski definition) is 4. The van der Waals surface area contributed by atoms with E-state index in [0.717, 1.165) is 36.6 Å². The van der Waals surface area contributed by atoms with Gasteiger partial charge in [-0.3, -0.25) is 0 Å². The van der Waals surface area contributed by atoms with Crippen molar-refractivity contribution in [1.29, 1.82) is 0 Å². The Kier molecular flexibility index (Phi) is 4.88. The van der Waals surface area contributed by atoms with Gasteiger partial charge in [-0.1, -0.05) is 13.8 Å². The molecule has 4 heteroatoms. The van der Waals surface area contributed by atoms with Gasteiger partial charge in [0.25, 0.3) is 0 Å². The van der Waals surface area contributed by atoms with Crippen LogP contribution in [0.2, 0.25) is 0 Å². The van der Waals surface area contributed by atoms with Gasteiger partial charge in [0.2, 0.25) is 0 Å². The number of aryl methyl sites for hydroxylation is 1. The average molecular weight is 296 g/mol. The zero-order valence-electron chi connectivity index (χ0n) is 13.2. The van der Waals surface area contributed by atoms with Gasteiger partial charge in [-0.25, -0.2) is 4.98 Å². The standard InChI is InChI=1S/C16H28N2OS/c1-5-19-16(8-6-15(3,4)7-9-16)13(17)10-14-18-12(2)11-20-14/h11,13H,5-10,17H2,1-4H3. The van der Waals surface area contributed by atoms with Gasteiger partial charge >= 0.3 is 0 Å². The maximum absolute atomic E-state index is 6.54. The minimum absolute atomic E-state index is 0.0455. The summed E-state index contributed by atoms with van der Waals surface area (Å²) in [4.78, 5) is 4.55. The van der Waals surface area contributed by atoms with E-state index >= 15 is 0 Å². The van der Waals surface area contributed by atoms with E-state index < -0.39 is 0 Å². The van der Waals surface area contributed by atoms with Crippen molar-refractivity contribution in [2.45, 2.75) is 71.4 Å². The van der Waals surface area contributed by atoms with Crippen LogP contribution in [0.15, 0.2) is 5.38 Å². The molecule has 0 aromatic carbocycles. The molecule has 1 aromatic rings. The molecule has 1 aromatic heterocycles. The summed E-state index contributed by atoms with van der Waals surface area (Å²) in [6, 6.07) is 0.0455. The Bertz CT molecular complexity index is 431. The Hall–Kier alpha value is -0.450. The summed E-state index contributed by atoms with van der Waals surface area (Å²) in [5, 5.41) is 3.23. The molecular formula is C16H28N2OS. The molecule has 0 saturated heterocycles. The molecule has 0 aliphatic heterocycles. The highest BCUT2D eigenvalue weighted by Crippen LogP contribution is 2.43. The van der Waals surface area contributed by atoms with Gasteiger partial charge < -0.3 is 10.5 Å². The summed E-state index contributed by atoms with van der Waals surface area (Å²) in [5.74, 6) is 0. The first kappa shape index (κ1) is 15.9. The maximum Gasteiger partial charge on any atom is 0.0944 e. The Labute approximate surface area is 126 Å². The van der Waals surface area contributed by atoms with E-state index in [-0.39, 0.29) is 11.6 Å². The van der Waals surface area contributed by atoms with Gasteiger partial charge in [-0.05, 0) is 44.9 Å². The monoisotopic (exact) mass is 296 g/mol. The third-order valence-corrected chi connectivity index (χ3v) is 5.61. The molecule has 0 radical (unpaired) electrons. The van der Waals surface area contributed by atoms with E-state index in [2.05, 4.69) is 31.1 Å². The minimum Gasteiger partial charge on any atom is -0.374 e. The summed E-state index contributed by atoms with van der Waals surface area (Å²) in [6.45, 7) is 9.54. The number of rotatable bonds is 5. The molecule has 2 rings (SSSR count). The Morgan fingerprint density at radius 1 is 1.35 bits per heavy atom. The predicted octanol–water partition coefficient (Wildman–Crippen LogP) is 3.70. The lowest BCUT2D eigenvalue weighted by Crippen LogP contribution is -2.54. The first-order chi connectivity index (χ1) is 9.37. The fraction of sp³-hybridized carbons (Fsp3) is 0.812. The van der Waals surface area contributed by atoms with Crippen molar-refractivity contribution in [3.05, 3.63) is 16.1 Å². The van der Waals surface area contributed by atoms with Crippen LogP contribution in [0, 0.1) is 12.3 Å². The van der Waals surface area contributed by atoms with E-state index in [4.69, 9.17) is 10.5 Å². The molecule has 1 unspecified atom stereocenters. The first-order valence-corrected chi connectivity index (χ1v) is 8.55. The second-order valence-electron chi connectivity index (χ2n) is 6.86. The van der Waals surface area contributed by atoms with Crippen molar-refractivity contribution in [3.63, 3.8) is 0 Å². The zero-order valence-corrected chi connectivity index (χ0v) is 14.1. The molecule has 0 amide bonds. The number of hydrogen-bond donors (Lipinski definition) is 1. The highest BCUT2D eigenvalue weighted by Gasteiger charge is 2.43. The Morgan fingerprint density at radius 3 is 2.50 bits per heavy atom. The van der Waals surface area contributed by atoms with Crippen molar-refractivity contribution in [1.82, 2.24) is 4.98 Å². The number of aromatic nitrogens is 1. The number of nitrogens with two attached hydrogens (primary N) is 1. The summed E-state index contributed by atoms with van der Waals surface area (Å²) < 4.78 is 6.16. The van der Waals surface area contributed by atoms with E-state index in [1.807, 2.05) is 6.92 Å². The first-order valence-electron chi connectivity index (χ1n) is 7.67. The third-order valence-electron chi connectivity index (χ3n) is 4.62. The lowest BCUT2D eigenvalue weighted by molar-refractivity contribution is -0.0987. The van der Waals surface area contributed by atoms with Crippen LogP contribution in [0.3, 0.4) is 0 Å². The highest BCUT2D eigenvalue weighted by molar-refractivity contribution is 7.09. The number of ether oxygens (including phenoxy) is 1. The largest absolute Gasteiger partial charge is 0.374 e. The van der Waals surface area contributed by atoms with Gasteiger partial charge in [0.15, 0.2) is 0 Å². The van der Waals surface area contributed by atoms with E-state index in [1.54, 1.807) is 11.3 Å². The summed E-state index contributed by atoms with van der Waals surface area (Å²) in [6.07, 6.45) is 5.35. The maximum atomic E-state index is 6.54.